The number of nitrogens with two attached hydrogens (primary N) is 1. The molecule has 1 unspecified atom stereocenters. The summed E-state index contributed by atoms with van der Waals surface area (Å²) in [5, 5.41) is 0. The van der Waals surface area contributed by atoms with Crippen LogP contribution in [0.5, 0.6) is 0 Å². The fourth-order valence-electron chi connectivity index (χ4n) is 1.17. The van der Waals surface area contributed by atoms with E-state index in [-0.39, 0.29) is 5.78 Å². The summed E-state index contributed by atoms with van der Waals surface area (Å²) in [5.74, 6) is 0.767. The van der Waals surface area contributed by atoms with E-state index in [1.807, 2.05) is 20.9 Å². The van der Waals surface area contributed by atoms with Gasteiger partial charge in [-0.1, -0.05) is 6.92 Å². The molecule has 0 aliphatic carbocycles. The lowest BCUT2D eigenvalue weighted by Crippen LogP contribution is -2.44. The van der Waals surface area contributed by atoms with Crippen LogP contribution in [-0.2, 0) is 7.05 Å². The highest BCUT2D eigenvalue weighted by atomic mass is 16.1. The lowest BCUT2D eigenvalue weighted by Gasteiger charge is -2.20. The summed E-state index contributed by atoms with van der Waals surface area (Å²) in [6, 6.07) is 0. The molecule has 78 valence electrons. The summed E-state index contributed by atoms with van der Waals surface area (Å²) in [5.41, 5.74) is 5.67. The zero-order chi connectivity index (χ0) is 10.9. The van der Waals surface area contributed by atoms with Gasteiger partial charge in [0, 0.05) is 7.05 Å². The molecule has 0 saturated heterocycles. The summed E-state index contributed by atoms with van der Waals surface area (Å²) in [7, 11) is 1.82. The molecule has 0 aliphatic heterocycles. The van der Waals surface area contributed by atoms with Crippen LogP contribution < -0.4 is 5.73 Å². The number of aryl methyl sites for hydroxylation is 1. The van der Waals surface area contributed by atoms with Gasteiger partial charge in [-0.05, 0) is 20.3 Å². The number of carbonyl (C=O) groups excluding carboxylic acids is 1. The molecular formula is C10H17N3O. The lowest BCUT2D eigenvalue weighted by molar-refractivity contribution is 0.0889. The van der Waals surface area contributed by atoms with Crippen LogP contribution in [0, 0.1) is 6.92 Å². The van der Waals surface area contributed by atoms with E-state index in [9.17, 15) is 4.79 Å². The third kappa shape index (κ3) is 1.70. The Hall–Kier alpha value is -1.16. The first-order chi connectivity index (χ1) is 6.40. The smallest absolute Gasteiger partial charge is 0.200 e. The summed E-state index contributed by atoms with van der Waals surface area (Å²) in [6.45, 7) is 5.51. The Kier molecular flexibility index (Phi) is 2.76. The molecule has 0 fully saturated rings. The molecule has 1 heterocycles. The fourth-order valence-corrected chi connectivity index (χ4v) is 1.17. The molecule has 4 heteroatoms. The van der Waals surface area contributed by atoms with Gasteiger partial charge in [-0.2, -0.15) is 0 Å². The predicted octanol–water partition coefficient (Wildman–Crippen LogP) is 1.04. The van der Waals surface area contributed by atoms with Crippen molar-refractivity contribution in [3.05, 3.63) is 17.7 Å². The number of aromatic nitrogens is 2. The van der Waals surface area contributed by atoms with E-state index in [2.05, 4.69) is 4.98 Å². The Morgan fingerprint density at radius 1 is 1.71 bits per heavy atom. The Labute approximate surface area is 84.1 Å². The maximum atomic E-state index is 11.9. The van der Waals surface area contributed by atoms with Crippen LogP contribution in [0.25, 0.3) is 0 Å². The second-order valence-electron chi connectivity index (χ2n) is 3.85. The van der Waals surface area contributed by atoms with E-state index < -0.39 is 5.54 Å². The molecule has 1 aromatic rings. The van der Waals surface area contributed by atoms with Gasteiger partial charge < -0.3 is 10.3 Å². The molecule has 2 N–H and O–H groups in total. The normalized spacial score (nSPS) is 15.2. The maximum absolute atomic E-state index is 11.9. The van der Waals surface area contributed by atoms with Crippen molar-refractivity contribution in [3.8, 4) is 0 Å². The predicted molar refractivity (Wildman–Crippen MR) is 55.2 cm³/mol. The second-order valence-corrected chi connectivity index (χ2v) is 3.85. The molecule has 4 nitrogen and oxygen atoms in total. The third-order valence-corrected chi connectivity index (χ3v) is 2.71. The van der Waals surface area contributed by atoms with Crippen molar-refractivity contribution >= 4 is 5.78 Å². The van der Waals surface area contributed by atoms with Gasteiger partial charge in [0.15, 0.2) is 5.78 Å². The molecule has 0 spiro atoms. The van der Waals surface area contributed by atoms with Crippen molar-refractivity contribution in [1.82, 2.24) is 9.55 Å². The quantitative estimate of drug-likeness (QED) is 0.733. The standard InChI is InChI=1S/C10H17N3O/c1-5-10(3,11)9(14)8-6-12-7(2)13(8)4/h6H,5,11H2,1-4H3. The van der Waals surface area contributed by atoms with E-state index in [4.69, 9.17) is 5.73 Å². The number of imidazole rings is 1. The van der Waals surface area contributed by atoms with Crippen LogP contribution in [0.3, 0.4) is 0 Å². The molecule has 0 aromatic carbocycles. The maximum Gasteiger partial charge on any atom is 0.200 e. The minimum atomic E-state index is -0.791. The summed E-state index contributed by atoms with van der Waals surface area (Å²) >= 11 is 0. The number of ketones is 1. The van der Waals surface area contributed by atoms with Crippen molar-refractivity contribution in [1.29, 1.82) is 0 Å². The van der Waals surface area contributed by atoms with Gasteiger partial charge in [-0.3, -0.25) is 4.79 Å². The van der Waals surface area contributed by atoms with Gasteiger partial charge in [0.25, 0.3) is 0 Å². The molecule has 0 amide bonds. The number of Topliss-reactive ketones (excluding diaryl/α,β-unsaturated/α-hetero) is 1. The highest BCUT2D eigenvalue weighted by Crippen LogP contribution is 2.14. The van der Waals surface area contributed by atoms with E-state index in [0.717, 1.165) is 5.82 Å². The van der Waals surface area contributed by atoms with Crippen LogP contribution in [0.4, 0.5) is 0 Å². The van der Waals surface area contributed by atoms with E-state index in [0.29, 0.717) is 12.1 Å². The van der Waals surface area contributed by atoms with E-state index in [1.54, 1.807) is 17.7 Å². The first-order valence-electron chi connectivity index (χ1n) is 4.72. The van der Waals surface area contributed by atoms with Crippen molar-refractivity contribution in [2.45, 2.75) is 32.7 Å². The second kappa shape index (κ2) is 3.53. The zero-order valence-corrected chi connectivity index (χ0v) is 9.16. The van der Waals surface area contributed by atoms with Crippen LogP contribution in [0.15, 0.2) is 6.20 Å². The summed E-state index contributed by atoms with van der Waals surface area (Å²) in [6.07, 6.45) is 2.20. The third-order valence-electron chi connectivity index (χ3n) is 2.71. The van der Waals surface area contributed by atoms with E-state index >= 15 is 0 Å². The Morgan fingerprint density at radius 3 is 2.64 bits per heavy atom. The van der Waals surface area contributed by atoms with Gasteiger partial charge in [0.2, 0.25) is 0 Å². The Balaban J connectivity index is 3.07. The van der Waals surface area contributed by atoms with E-state index in [1.165, 1.54) is 0 Å². The fraction of sp³-hybridized carbons (Fsp3) is 0.600. The molecule has 1 rings (SSSR count). The monoisotopic (exact) mass is 195 g/mol. The topological polar surface area (TPSA) is 60.9 Å². The van der Waals surface area contributed by atoms with Crippen LogP contribution in [0.2, 0.25) is 0 Å². The first kappa shape index (κ1) is 10.9. The number of nitrogens with zero attached hydrogens (tertiary/aromatic N) is 2. The van der Waals surface area contributed by atoms with Gasteiger partial charge in [0.05, 0.1) is 11.7 Å². The van der Waals surface area contributed by atoms with Crippen LogP contribution in [-0.4, -0.2) is 20.9 Å². The SMILES string of the molecule is CCC(C)(N)C(=O)c1cnc(C)n1C. The van der Waals surface area contributed by atoms with Crippen molar-refractivity contribution in [2.24, 2.45) is 12.8 Å². The molecule has 0 aliphatic rings. The summed E-state index contributed by atoms with van der Waals surface area (Å²) < 4.78 is 1.77. The number of hydrogen-bond acceptors (Lipinski definition) is 3. The average Bonchev–Trinajstić information content (AvgIpc) is 2.47. The number of rotatable bonds is 3. The lowest BCUT2D eigenvalue weighted by atomic mass is 9.93. The number of carbonyl (C=O) groups is 1. The van der Waals surface area contributed by atoms with Gasteiger partial charge >= 0.3 is 0 Å². The van der Waals surface area contributed by atoms with Crippen LogP contribution in [0.1, 0.15) is 36.6 Å². The molecule has 1 aromatic heterocycles. The molecule has 0 bridgehead atoms. The van der Waals surface area contributed by atoms with Gasteiger partial charge in [-0.25, -0.2) is 4.98 Å². The zero-order valence-electron chi connectivity index (χ0n) is 9.16. The van der Waals surface area contributed by atoms with Crippen molar-refractivity contribution in [3.63, 3.8) is 0 Å². The highest BCUT2D eigenvalue weighted by molar-refractivity contribution is 6.01. The molecular weight excluding hydrogens is 178 g/mol. The summed E-state index contributed by atoms with van der Waals surface area (Å²) in [4.78, 5) is 16.0. The first-order valence-corrected chi connectivity index (χ1v) is 4.72. The minimum Gasteiger partial charge on any atom is -0.329 e. The van der Waals surface area contributed by atoms with Gasteiger partial charge in [-0.15, -0.1) is 0 Å². The molecule has 1 atom stereocenters. The highest BCUT2D eigenvalue weighted by Gasteiger charge is 2.29. The largest absolute Gasteiger partial charge is 0.329 e. The van der Waals surface area contributed by atoms with Crippen molar-refractivity contribution in [2.75, 3.05) is 0 Å². The molecule has 0 saturated carbocycles. The molecule has 0 radical (unpaired) electrons. The minimum absolute atomic E-state index is 0.0527. The van der Waals surface area contributed by atoms with Gasteiger partial charge in [0.1, 0.15) is 11.5 Å². The Morgan fingerprint density at radius 2 is 2.29 bits per heavy atom. The Bertz CT molecular complexity index is 352. The number of hydrogen-bond donors (Lipinski definition) is 1. The molecule has 14 heavy (non-hydrogen) atoms. The van der Waals surface area contributed by atoms with Crippen LogP contribution >= 0.6 is 0 Å². The van der Waals surface area contributed by atoms with Crippen molar-refractivity contribution < 1.29 is 4.79 Å². The average molecular weight is 195 g/mol.